The molecule has 3 aromatic rings. The van der Waals surface area contributed by atoms with Gasteiger partial charge in [-0.25, -0.2) is 5.43 Å². The van der Waals surface area contributed by atoms with Crippen LogP contribution in [0.5, 0.6) is 0 Å². The molecule has 0 saturated carbocycles. The van der Waals surface area contributed by atoms with Gasteiger partial charge in [-0.15, -0.1) is 10.2 Å². The topological polar surface area (TPSA) is 72.2 Å². The molecule has 8 heteroatoms. The van der Waals surface area contributed by atoms with Gasteiger partial charge in [-0.05, 0) is 36.8 Å². The quantitative estimate of drug-likeness (QED) is 0.372. The number of carbonyl (C=O) groups excluding carboxylic acids is 1. The monoisotopic (exact) mass is 399 g/mol. The third kappa shape index (κ3) is 5.18. The third-order valence-electron chi connectivity index (χ3n) is 3.67. The first kappa shape index (κ1) is 19.1. The molecule has 0 bridgehead atoms. The highest BCUT2D eigenvalue weighted by molar-refractivity contribution is 7.99. The van der Waals surface area contributed by atoms with E-state index in [2.05, 4.69) is 20.7 Å². The minimum Gasteiger partial charge on any atom is -0.302 e. The van der Waals surface area contributed by atoms with E-state index in [1.54, 1.807) is 6.21 Å². The average Bonchev–Trinajstić information content (AvgIpc) is 3.10. The first-order valence-electron chi connectivity index (χ1n) is 8.36. The van der Waals surface area contributed by atoms with Crippen molar-refractivity contribution in [2.24, 2.45) is 5.10 Å². The van der Waals surface area contributed by atoms with Crippen molar-refractivity contribution in [1.82, 2.24) is 20.2 Å². The molecule has 3 rings (SSSR count). The smallest absolute Gasteiger partial charge is 0.250 e. The predicted molar refractivity (Wildman–Crippen MR) is 109 cm³/mol. The van der Waals surface area contributed by atoms with E-state index in [1.165, 1.54) is 11.8 Å². The molecule has 0 aliphatic heterocycles. The van der Waals surface area contributed by atoms with E-state index in [0.717, 1.165) is 17.0 Å². The van der Waals surface area contributed by atoms with Crippen molar-refractivity contribution in [3.63, 3.8) is 0 Å². The fraction of sp³-hybridized carbons (Fsp3) is 0.158. The number of halogens is 1. The van der Waals surface area contributed by atoms with Crippen LogP contribution in [0.15, 0.2) is 64.9 Å². The number of nitrogens with one attached hydrogen (secondary N) is 1. The molecule has 0 spiro atoms. The van der Waals surface area contributed by atoms with Crippen molar-refractivity contribution in [3.05, 3.63) is 65.2 Å². The Morgan fingerprint density at radius 1 is 1.19 bits per heavy atom. The summed E-state index contributed by atoms with van der Waals surface area (Å²) in [5.41, 5.74) is 4.37. The third-order valence-corrected chi connectivity index (χ3v) is 4.89. The van der Waals surface area contributed by atoms with Gasteiger partial charge >= 0.3 is 0 Å². The fourth-order valence-corrected chi connectivity index (χ4v) is 3.29. The van der Waals surface area contributed by atoms with E-state index in [0.29, 0.717) is 16.7 Å². The van der Waals surface area contributed by atoms with Gasteiger partial charge in [0.15, 0.2) is 11.0 Å². The van der Waals surface area contributed by atoms with Crippen molar-refractivity contribution >= 4 is 35.5 Å². The number of benzene rings is 2. The van der Waals surface area contributed by atoms with Gasteiger partial charge in [0, 0.05) is 17.1 Å². The molecule has 138 valence electrons. The van der Waals surface area contributed by atoms with Gasteiger partial charge in [0.05, 0.1) is 12.0 Å². The Morgan fingerprint density at radius 3 is 2.63 bits per heavy atom. The lowest BCUT2D eigenvalue weighted by atomic mass is 10.2. The van der Waals surface area contributed by atoms with E-state index in [4.69, 9.17) is 11.6 Å². The fourth-order valence-electron chi connectivity index (χ4n) is 2.37. The van der Waals surface area contributed by atoms with Crippen LogP contribution in [0.1, 0.15) is 12.5 Å². The number of nitrogens with zero attached hydrogens (tertiary/aromatic N) is 4. The maximum Gasteiger partial charge on any atom is 0.250 e. The number of rotatable bonds is 7. The summed E-state index contributed by atoms with van der Waals surface area (Å²) in [4.78, 5) is 12.0. The van der Waals surface area contributed by atoms with Gasteiger partial charge in [0.2, 0.25) is 0 Å². The second-order valence-corrected chi connectivity index (χ2v) is 6.93. The van der Waals surface area contributed by atoms with E-state index in [9.17, 15) is 4.79 Å². The van der Waals surface area contributed by atoms with Crippen LogP contribution in [0.25, 0.3) is 11.4 Å². The van der Waals surface area contributed by atoms with Crippen molar-refractivity contribution in [1.29, 1.82) is 0 Å². The highest BCUT2D eigenvalue weighted by atomic mass is 35.5. The minimum absolute atomic E-state index is 0.199. The van der Waals surface area contributed by atoms with Crippen LogP contribution in [0, 0.1) is 0 Å². The van der Waals surface area contributed by atoms with Crippen molar-refractivity contribution in [2.45, 2.75) is 18.6 Å². The summed E-state index contributed by atoms with van der Waals surface area (Å²) in [6, 6.07) is 17.0. The van der Waals surface area contributed by atoms with Crippen LogP contribution in [-0.2, 0) is 11.3 Å². The summed E-state index contributed by atoms with van der Waals surface area (Å²) in [6.45, 7) is 2.71. The molecule has 0 radical (unpaired) electrons. The van der Waals surface area contributed by atoms with Crippen LogP contribution < -0.4 is 5.43 Å². The largest absolute Gasteiger partial charge is 0.302 e. The lowest BCUT2D eigenvalue weighted by Crippen LogP contribution is -2.20. The first-order chi connectivity index (χ1) is 13.2. The van der Waals surface area contributed by atoms with Crippen LogP contribution in [0.4, 0.5) is 0 Å². The van der Waals surface area contributed by atoms with E-state index in [1.807, 2.05) is 66.1 Å². The van der Waals surface area contributed by atoms with Gasteiger partial charge in [0.25, 0.3) is 5.91 Å². The van der Waals surface area contributed by atoms with Crippen molar-refractivity contribution in [2.75, 3.05) is 5.75 Å². The molecule has 1 amide bonds. The lowest BCUT2D eigenvalue weighted by Gasteiger charge is -2.07. The Hall–Kier alpha value is -2.64. The van der Waals surface area contributed by atoms with Gasteiger partial charge in [0.1, 0.15) is 0 Å². The molecular weight excluding hydrogens is 382 g/mol. The molecule has 1 aromatic heterocycles. The minimum atomic E-state index is -0.203. The van der Waals surface area contributed by atoms with Crippen molar-refractivity contribution < 1.29 is 4.79 Å². The van der Waals surface area contributed by atoms with Crippen LogP contribution >= 0.6 is 23.4 Å². The molecule has 27 heavy (non-hydrogen) atoms. The molecule has 0 fully saturated rings. The average molecular weight is 400 g/mol. The molecule has 0 aliphatic carbocycles. The first-order valence-corrected chi connectivity index (χ1v) is 9.72. The van der Waals surface area contributed by atoms with Crippen LogP contribution in [-0.4, -0.2) is 32.6 Å². The molecule has 0 saturated heterocycles. The Morgan fingerprint density at radius 2 is 1.93 bits per heavy atom. The summed E-state index contributed by atoms with van der Waals surface area (Å²) >= 11 is 7.26. The summed E-state index contributed by atoms with van der Waals surface area (Å²) in [5.74, 6) is 0.746. The summed E-state index contributed by atoms with van der Waals surface area (Å²) in [5, 5.41) is 13.8. The maximum absolute atomic E-state index is 12.0. The molecule has 6 nitrogen and oxygen atoms in total. The van der Waals surface area contributed by atoms with Crippen LogP contribution in [0.3, 0.4) is 0 Å². The second kappa shape index (κ2) is 9.34. The number of aromatic nitrogens is 3. The number of thioether (sulfide) groups is 1. The Bertz CT molecular complexity index is 925. The molecule has 0 aliphatic rings. The van der Waals surface area contributed by atoms with Crippen molar-refractivity contribution in [3.8, 4) is 11.4 Å². The van der Waals surface area contributed by atoms with Crippen LogP contribution in [0.2, 0.25) is 5.02 Å². The predicted octanol–water partition coefficient (Wildman–Crippen LogP) is 3.86. The molecule has 1 heterocycles. The summed E-state index contributed by atoms with van der Waals surface area (Å²) in [6.07, 6.45) is 1.61. The molecular formula is C19H18ClN5OS. The zero-order chi connectivity index (χ0) is 19.1. The summed E-state index contributed by atoms with van der Waals surface area (Å²) in [7, 11) is 0. The molecule has 0 unspecified atom stereocenters. The zero-order valence-corrected chi connectivity index (χ0v) is 16.2. The van der Waals surface area contributed by atoms with E-state index >= 15 is 0 Å². The highest BCUT2D eigenvalue weighted by Gasteiger charge is 2.14. The van der Waals surface area contributed by atoms with E-state index < -0.39 is 0 Å². The van der Waals surface area contributed by atoms with Gasteiger partial charge in [-0.1, -0.05) is 53.7 Å². The second-order valence-electron chi connectivity index (χ2n) is 5.55. The Balaban J connectivity index is 1.60. The van der Waals surface area contributed by atoms with Gasteiger partial charge < -0.3 is 4.57 Å². The number of carbonyl (C=O) groups is 1. The zero-order valence-electron chi connectivity index (χ0n) is 14.7. The maximum atomic E-state index is 12.0. The lowest BCUT2D eigenvalue weighted by molar-refractivity contribution is -0.118. The SMILES string of the molecule is CCn1c(SCC(=O)NN=Cc2ccccc2)nnc1-c1ccc(Cl)cc1. The van der Waals surface area contributed by atoms with Gasteiger partial charge in [-0.3, -0.25) is 4.79 Å². The Kier molecular flexibility index (Phi) is 6.62. The number of amides is 1. The Labute approximate surface area is 166 Å². The normalized spacial score (nSPS) is 11.0. The number of hydrogen-bond acceptors (Lipinski definition) is 5. The molecule has 2 aromatic carbocycles. The standard InChI is InChI=1S/C19H18ClN5OS/c1-2-25-18(15-8-10-16(20)11-9-15)23-24-19(25)27-13-17(26)22-21-12-14-6-4-3-5-7-14/h3-12H,2,13H2,1H3,(H,22,26). The number of hydrazone groups is 1. The molecule has 0 atom stereocenters. The number of hydrogen-bond donors (Lipinski definition) is 1. The molecule has 1 N–H and O–H groups in total. The highest BCUT2D eigenvalue weighted by Crippen LogP contribution is 2.24. The van der Waals surface area contributed by atoms with Gasteiger partial charge in [-0.2, -0.15) is 5.10 Å². The van der Waals surface area contributed by atoms with E-state index in [-0.39, 0.29) is 11.7 Å². The summed E-state index contributed by atoms with van der Waals surface area (Å²) < 4.78 is 1.97.